The van der Waals surface area contributed by atoms with E-state index in [1.807, 2.05) is 4.68 Å². The molecule has 4 nitrogen and oxygen atoms in total. The molecule has 0 aliphatic carbocycles. The molecule has 2 rings (SSSR count). The molecule has 98 valence electrons. The predicted molar refractivity (Wildman–Crippen MR) is 73.7 cm³/mol. The second-order valence-electron chi connectivity index (χ2n) is 4.88. The highest BCUT2D eigenvalue weighted by atomic mass is 32.1. The first-order valence-electron chi connectivity index (χ1n) is 6.20. The van der Waals surface area contributed by atoms with E-state index in [-0.39, 0.29) is 0 Å². The van der Waals surface area contributed by atoms with Crippen LogP contribution in [-0.2, 0) is 0 Å². The molecule has 0 bridgehead atoms. The highest BCUT2D eigenvalue weighted by Gasteiger charge is 2.20. The zero-order chi connectivity index (χ0) is 13.4. The molecule has 2 aromatic rings. The van der Waals surface area contributed by atoms with Crippen LogP contribution in [0.3, 0.4) is 0 Å². The summed E-state index contributed by atoms with van der Waals surface area (Å²) in [6.45, 7) is 8.39. The smallest absolute Gasteiger partial charge is 0.345 e. The van der Waals surface area contributed by atoms with E-state index >= 15 is 0 Å². The van der Waals surface area contributed by atoms with Crippen LogP contribution < -0.4 is 0 Å². The van der Waals surface area contributed by atoms with Crippen LogP contribution in [0.4, 0.5) is 0 Å². The summed E-state index contributed by atoms with van der Waals surface area (Å²) in [4.78, 5) is 12.4. The number of fused-ring (bicyclic) bond motifs is 1. The fraction of sp³-hybridized carbons (Fsp3) is 0.538. The van der Waals surface area contributed by atoms with Crippen LogP contribution in [0.2, 0.25) is 0 Å². The molecule has 0 radical (unpaired) electrons. The van der Waals surface area contributed by atoms with Crippen molar-refractivity contribution in [2.45, 2.75) is 46.1 Å². The summed E-state index contributed by atoms with van der Waals surface area (Å²) in [5, 5.41) is 14.7. The van der Waals surface area contributed by atoms with Crippen molar-refractivity contribution in [1.82, 2.24) is 9.78 Å². The molecule has 0 saturated carbocycles. The summed E-state index contributed by atoms with van der Waals surface area (Å²) in [5.74, 6) is -0.560. The van der Waals surface area contributed by atoms with Gasteiger partial charge in [-0.05, 0) is 25.3 Å². The highest BCUT2D eigenvalue weighted by molar-refractivity contribution is 7.20. The third-order valence-corrected chi connectivity index (χ3v) is 4.29. The van der Waals surface area contributed by atoms with Gasteiger partial charge in [-0.3, -0.25) is 4.68 Å². The van der Waals surface area contributed by atoms with Crippen molar-refractivity contribution >= 4 is 27.5 Å². The Morgan fingerprint density at radius 1 is 1.50 bits per heavy atom. The molecule has 0 saturated heterocycles. The molecular formula is C13H18N2O2S. The molecule has 0 spiro atoms. The molecule has 18 heavy (non-hydrogen) atoms. The topological polar surface area (TPSA) is 55.1 Å². The number of rotatable bonds is 4. The molecule has 5 heteroatoms. The molecule has 0 amide bonds. The maximum absolute atomic E-state index is 11.1. The van der Waals surface area contributed by atoms with Gasteiger partial charge in [0.2, 0.25) is 0 Å². The Hall–Kier alpha value is -1.36. The average Bonchev–Trinajstić information content (AvgIpc) is 2.85. The summed E-state index contributed by atoms with van der Waals surface area (Å²) in [7, 11) is 0. The average molecular weight is 266 g/mol. The van der Waals surface area contributed by atoms with Gasteiger partial charge in [0.1, 0.15) is 9.71 Å². The van der Waals surface area contributed by atoms with Gasteiger partial charge in [0, 0.05) is 5.39 Å². The minimum Gasteiger partial charge on any atom is -0.477 e. The number of carboxylic acids is 1. The van der Waals surface area contributed by atoms with Crippen LogP contribution in [0.5, 0.6) is 0 Å². The Balaban J connectivity index is 2.67. The molecular weight excluding hydrogens is 248 g/mol. The fourth-order valence-electron chi connectivity index (χ4n) is 1.95. The lowest BCUT2D eigenvalue weighted by Crippen LogP contribution is -2.06. The van der Waals surface area contributed by atoms with E-state index in [1.165, 1.54) is 11.3 Å². The molecule has 0 fully saturated rings. The van der Waals surface area contributed by atoms with Gasteiger partial charge < -0.3 is 5.11 Å². The lowest BCUT2D eigenvalue weighted by Gasteiger charge is -2.09. The van der Waals surface area contributed by atoms with Crippen LogP contribution in [0.1, 0.15) is 61.4 Å². The van der Waals surface area contributed by atoms with Crippen LogP contribution in [0.15, 0.2) is 6.07 Å². The van der Waals surface area contributed by atoms with E-state index in [2.05, 4.69) is 32.8 Å². The van der Waals surface area contributed by atoms with Crippen molar-refractivity contribution in [2.24, 2.45) is 0 Å². The molecule has 0 aliphatic heterocycles. The summed E-state index contributed by atoms with van der Waals surface area (Å²) in [6.07, 6.45) is 0.981. The Morgan fingerprint density at radius 2 is 2.17 bits per heavy atom. The maximum Gasteiger partial charge on any atom is 0.345 e. The van der Waals surface area contributed by atoms with E-state index in [0.29, 0.717) is 16.8 Å². The van der Waals surface area contributed by atoms with Crippen LogP contribution in [0.25, 0.3) is 10.2 Å². The van der Waals surface area contributed by atoms with Gasteiger partial charge in [-0.2, -0.15) is 5.10 Å². The first-order valence-corrected chi connectivity index (χ1v) is 7.02. The number of hydrogen-bond donors (Lipinski definition) is 1. The van der Waals surface area contributed by atoms with Crippen molar-refractivity contribution in [2.75, 3.05) is 0 Å². The minimum absolute atomic E-state index is 0.292. The molecule has 1 N–H and O–H groups in total. The lowest BCUT2D eigenvalue weighted by atomic mass is 10.1. The molecule has 2 aromatic heterocycles. The van der Waals surface area contributed by atoms with Gasteiger partial charge in [0.25, 0.3) is 0 Å². The number of aromatic carboxylic acids is 1. The maximum atomic E-state index is 11.1. The Morgan fingerprint density at radius 3 is 2.67 bits per heavy atom. The quantitative estimate of drug-likeness (QED) is 0.913. The van der Waals surface area contributed by atoms with Gasteiger partial charge in [-0.25, -0.2) is 4.79 Å². The van der Waals surface area contributed by atoms with Gasteiger partial charge in [-0.15, -0.1) is 11.3 Å². The summed E-state index contributed by atoms with van der Waals surface area (Å²) in [6, 6.07) is 2.05. The minimum atomic E-state index is -0.860. The molecule has 2 heterocycles. The van der Waals surface area contributed by atoms with Gasteiger partial charge >= 0.3 is 5.97 Å². The van der Waals surface area contributed by atoms with E-state index in [1.54, 1.807) is 6.07 Å². The summed E-state index contributed by atoms with van der Waals surface area (Å²) in [5.41, 5.74) is 0.994. The van der Waals surface area contributed by atoms with E-state index in [0.717, 1.165) is 22.3 Å². The number of nitrogens with zero attached hydrogens (tertiary/aromatic N) is 2. The van der Waals surface area contributed by atoms with E-state index in [4.69, 9.17) is 5.11 Å². The van der Waals surface area contributed by atoms with Gasteiger partial charge in [-0.1, -0.05) is 20.8 Å². The van der Waals surface area contributed by atoms with E-state index in [9.17, 15) is 4.79 Å². The summed E-state index contributed by atoms with van der Waals surface area (Å²) < 4.78 is 1.97. The van der Waals surface area contributed by atoms with Crippen molar-refractivity contribution in [1.29, 1.82) is 0 Å². The second-order valence-corrected chi connectivity index (χ2v) is 5.91. The van der Waals surface area contributed by atoms with Crippen molar-refractivity contribution in [3.05, 3.63) is 16.6 Å². The molecule has 0 aromatic carbocycles. The van der Waals surface area contributed by atoms with Gasteiger partial charge in [0.05, 0.1) is 11.7 Å². The normalized spacial score (nSPS) is 13.4. The van der Waals surface area contributed by atoms with Crippen molar-refractivity contribution in [3.63, 3.8) is 0 Å². The Kier molecular flexibility index (Phi) is 3.43. The van der Waals surface area contributed by atoms with Crippen LogP contribution in [0, 0.1) is 0 Å². The zero-order valence-electron chi connectivity index (χ0n) is 11.1. The van der Waals surface area contributed by atoms with Crippen molar-refractivity contribution in [3.8, 4) is 0 Å². The van der Waals surface area contributed by atoms with Crippen LogP contribution >= 0.6 is 11.3 Å². The number of hydrogen-bond acceptors (Lipinski definition) is 3. The first-order chi connectivity index (χ1) is 8.45. The lowest BCUT2D eigenvalue weighted by molar-refractivity contribution is 0.0702. The van der Waals surface area contributed by atoms with Gasteiger partial charge in [0.15, 0.2) is 0 Å². The van der Waals surface area contributed by atoms with Crippen molar-refractivity contribution < 1.29 is 9.90 Å². The summed E-state index contributed by atoms with van der Waals surface area (Å²) >= 11 is 1.31. The first kappa shape index (κ1) is 13.1. The molecule has 1 unspecified atom stereocenters. The molecule has 1 atom stereocenters. The number of carbonyl (C=O) groups is 1. The second kappa shape index (κ2) is 4.72. The Bertz CT molecular complexity index is 583. The zero-order valence-corrected chi connectivity index (χ0v) is 11.9. The monoisotopic (exact) mass is 266 g/mol. The SMILES string of the molecule is CCC(C)n1nc(C(C)C)c2cc(C(=O)O)sc21. The number of carboxylic acid groups (broad SMARTS) is 1. The highest BCUT2D eigenvalue weighted by Crippen LogP contribution is 2.34. The Labute approximate surface area is 110 Å². The third kappa shape index (κ3) is 2.03. The third-order valence-electron chi connectivity index (χ3n) is 3.18. The predicted octanol–water partition coefficient (Wildman–Crippen LogP) is 3.89. The number of aromatic nitrogens is 2. The number of thiophene rings is 1. The standard InChI is InChI=1S/C13H18N2O2S/c1-5-8(4)15-12-9(11(14-15)7(2)3)6-10(18-12)13(16)17/h6-8H,5H2,1-4H3,(H,16,17). The van der Waals surface area contributed by atoms with E-state index < -0.39 is 5.97 Å². The van der Waals surface area contributed by atoms with Crippen LogP contribution in [-0.4, -0.2) is 20.9 Å². The molecule has 0 aliphatic rings. The largest absolute Gasteiger partial charge is 0.477 e. The fourth-order valence-corrected chi connectivity index (χ4v) is 3.01.